The molecule has 0 bridgehead atoms. The number of nitrogens with one attached hydrogen (secondary N) is 1. The highest BCUT2D eigenvalue weighted by atomic mass is 16.5. The van der Waals surface area contributed by atoms with Crippen molar-refractivity contribution in [3.8, 4) is 22.9 Å². The van der Waals surface area contributed by atoms with E-state index in [4.69, 9.17) is 14.2 Å². The molecule has 0 aliphatic heterocycles. The van der Waals surface area contributed by atoms with Crippen LogP contribution >= 0.6 is 0 Å². The van der Waals surface area contributed by atoms with Crippen LogP contribution in [0.2, 0.25) is 0 Å². The average molecular weight is 412 g/mol. The molecule has 0 atom stereocenters. The molecule has 0 unspecified atom stereocenters. The molecule has 1 heterocycles. The van der Waals surface area contributed by atoms with E-state index in [1.807, 2.05) is 12.1 Å². The molecule has 1 N–H and O–H groups in total. The smallest absolute Gasteiger partial charge is 0.343 e. The lowest BCUT2D eigenvalue weighted by Gasteiger charge is -2.15. The van der Waals surface area contributed by atoms with Gasteiger partial charge in [-0.15, -0.1) is 0 Å². The fraction of sp³-hybridized carbons (Fsp3) is 0.435. The highest BCUT2D eigenvalue weighted by Crippen LogP contribution is 2.31. The van der Waals surface area contributed by atoms with Gasteiger partial charge in [0.2, 0.25) is 0 Å². The predicted octanol–water partition coefficient (Wildman–Crippen LogP) is 4.64. The van der Waals surface area contributed by atoms with Crippen molar-refractivity contribution < 1.29 is 19.0 Å². The van der Waals surface area contributed by atoms with E-state index in [1.54, 1.807) is 27.2 Å². The van der Waals surface area contributed by atoms with Gasteiger partial charge in [-0.1, -0.05) is 11.6 Å². The van der Waals surface area contributed by atoms with Gasteiger partial charge in [0.1, 0.15) is 11.4 Å². The van der Waals surface area contributed by atoms with Crippen LogP contribution in [0.5, 0.6) is 11.5 Å². The third-order valence-corrected chi connectivity index (χ3v) is 5.05. The number of carbonyl (C=O) groups is 1. The SMILES string of the molecule is CCOC(=O)c1cnc(-c2ccc(OC)c(OC)c2)nc1NCCC1=CCCCC1. The molecule has 0 amide bonds. The molecule has 160 valence electrons. The van der Waals surface area contributed by atoms with Gasteiger partial charge in [-0.25, -0.2) is 14.8 Å². The summed E-state index contributed by atoms with van der Waals surface area (Å²) in [6.07, 6.45) is 9.58. The summed E-state index contributed by atoms with van der Waals surface area (Å²) in [6.45, 7) is 2.77. The number of ether oxygens (including phenoxy) is 3. The van der Waals surface area contributed by atoms with Crippen molar-refractivity contribution in [3.63, 3.8) is 0 Å². The Balaban J connectivity index is 1.85. The third-order valence-electron chi connectivity index (χ3n) is 5.05. The van der Waals surface area contributed by atoms with Crippen molar-refractivity contribution in [2.45, 2.75) is 39.0 Å². The summed E-state index contributed by atoms with van der Waals surface area (Å²) in [5, 5.41) is 3.31. The molecule has 2 aromatic rings. The Bertz CT molecular complexity index is 911. The lowest BCUT2D eigenvalue weighted by Crippen LogP contribution is -2.14. The van der Waals surface area contributed by atoms with Gasteiger partial charge in [0.05, 0.1) is 20.8 Å². The van der Waals surface area contributed by atoms with Gasteiger partial charge >= 0.3 is 5.97 Å². The molecule has 0 saturated carbocycles. The number of anilines is 1. The normalized spacial score (nSPS) is 13.4. The number of methoxy groups -OCH3 is 2. The Morgan fingerprint density at radius 1 is 1.17 bits per heavy atom. The van der Waals surface area contributed by atoms with E-state index >= 15 is 0 Å². The summed E-state index contributed by atoms with van der Waals surface area (Å²) in [5.41, 5.74) is 2.56. The summed E-state index contributed by atoms with van der Waals surface area (Å²) in [5.74, 6) is 1.75. The fourth-order valence-corrected chi connectivity index (χ4v) is 3.46. The van der Waals surface area contributed by atoms with Gasteiger partial charge in [-0.2, -0.15) is 0 Å². The minimum atomic E-state index is -0.434. The van der Waals surface area contributed by atoms with Crippen LogP contribution in [0.25, 0.3) is 11.4 Å². The maximum atomic E-state index is 12.4. The molecule has 0 spiro atoms. The topological polar surface area (TPSA) is 82.6 Å². The van der Waals surface area contributed by atoms with Crippen molar-refractivity contribution in [2.75, 3.05) is 32.7 Å². The first-order valence-electron chi connectivity index (χ1n) is 10.3. The molecule has 1 aliphatic rings. The Hall–Kier alpha value is -3.09. The third kappa shape index (κ3) is 5.28. The van der Waals surface area contributed by atoms with Crippen LogP contribution in [0.3, 0.4) is 0 Å². The monoisotopic (exact) mass is 411 g/mol. The summed E-state index contributed by atoms with van der Waals surface area (Å²) < 4.78 is 15.8. The van der Waals surface area contributed by atoms with Crippen LogP contribution in [-0.2, 0) is 4.74 Å². The lowest BCUT2D eigenvalue weighted by molar-refractivity contribution is 0.0526. The highest BCUT2D eigenvalue weighted by molar-refractivity contribution is 5.94. The molecular weight excluding hydrogens is 382 g/mol. The molecule has 7 nitrogen and oxygen atoms in total. The van der Waals surface area contributed by atoms with Crippen LogP contribution in [0.4, 0.5) is 5.82 Å². The molecule has 30 heavy (non-hydrogen) atoms. The summed E-state index contributed by atoms with van der Waals surface area (Å²) in [6, 6.07) is 5.48. The number of hydrogen-bond donors (Lipinski definition) is 1. The van der Waals surface area contributed by atoms with Gasteiger partial charge in [0, 0.05) is 18.3 Å². The van der Waals surface area contributed by atoms with Crippen molar-refractivity contribution in [1.29, 1.82) is 0 Å². The van der Waals surface area contributed by atoms with E-state index in [9.17, 15) is 4.79 Å². The number of esters is 1. The summed E-state index contributed by atoms with van der Waals surface area (Å²) >= 11 is 0. The summed E-state index contributed by atoms with van der Waals surface area (Å²) in [7, 11) is 3.17. The fourth-order valence-electron chi connectivity index (χ4n) is 3.46. The van der Waals surface area contributed by atoms with Crippen LogP contribution in [-0.4, -0.2) is 43.3 Å². The quantitative estimate of drug-likeness (QED) is 0.475. The molecule has 0 saturated heterocycles. The first-order valence-corrected chi connectivity index (χ1v) is 10.3. The Kier molecular flexibility index (Phi) is 7.65. The highest BCUT2D eigenvalue weighted by Gasteiger charge is 2.17. The molecule has 3 rings (SSSR count). The molecule has 7 heteroatoms. The van der Waals surface area contributed by atoms with Crippen molar-refractivity contribution >= 4 is 11.8 Å². The van der Waals surface area contributed by atoms with E-state index in [0.717, 1.165) is 24.8 Å². The average Bonchev–Trinajstić information content (AvgIpc) is 2.79. The van der Waals surface area contributed by atoms with Crippen LogP contribution < -0.4 is 14.8 Å². The second kappa shape index (κ2) is 10.6. The predicted molar refractivity (Wildman–Crippen MR) is 116 cm³/mol. The second-order valence-corrected chi connectivity index (χ2v) is 7.03. The zero-order valence-corrected chi connectivity index (χ0v) is 17.9. The van der Waals surface area contributed by atoms with Gasteiger partial charge in [0.25, 0.3) is 0 Å². The molecule has 0 fully saturated rings. The minimum absolute atomic E-state index is 0.294. The molecule has 1 aliphatic carbocycles. The number of aromatic nitrogens is 2. The number of carbonyl (C=O) groups excluding carboxylic acids is 1. The van der Waals surface area contributed by atoms with Crippen LogP contribution in [0.15, 0.2) is 36.0 Å². The van der Waals surface area contributed by atoms with Gasteiger partial charge in [0.15, 0.2) is 17.3 Å². The van der Waals surface area contributed by atoms with Crippen molar-refractivity contribution in [2.24, 2.45) is 0 Å². The number of rotatable bonds is 9. The summed E-state index contributed by atoms with van der Waals surface area (Å²) in [4.78, 5) is 21.4. The number of allylic oxidation sites excluding steroid dienone is 1. The molecule has 0 radical (unpaired) electrons. The Labute approximate surface area is 177 Å². The molecular formula is C23H29N3O4. The molecule has 1 aromatic carbocycles. The number of benzene rings is 1. The van der Waals surface area contributed by atoms with Crippen LogP contribution in [0.1, 0.15) is 49.4 Å². The van der Waals surface area contributed by atoms with Gasteiger partial charge in [-0.05, 0) is 57.2 Å². The first-order chi connectivity index (χ1) is 14.7. The maximum absolute atomic E-state index is 12.4. The van der Waals surface area contributed by atoms with Crippen molar-refractivity contribution in [3.05, 3.63) is 41.6 Å². The number of nitrogens with zero attached hydrogens (tertiary/aromatic N) is 2. The zero-order valence-electron chi connectivity index (χ0n) is 17.9. The molecule has 1 aromatic heterocycles. The van der Waals surface area contributed by atoms with Crippen molar-refractivity contribution in [1.82, 2.24) is 9.97 Å². The van der Waals surface area contributed by atoms with E-state index < -0.39 is 5.97 Å². The Morgan fingerprint density at radius 3 is 2.70 bits per heavy atom. The van der Waals surface area contributed by atoms with E-state index in [0.29, 0.717) is 41.9 Å². The standard InChI is InChI=1S/C23H29N3O4/c1-4-30-23(27)18-15-25-21(17-10-11-19(28-2)20(14-17)29-3)26-22(18)24-13-12-16-8-6-5-7-9-16/h8,10-11,14-15H,4-7,9,12-13H2,1-3H3,(H,24,25,26). The second-order valence-electron chi connectivity index (χ2n) is 7.03. The van der Waals surface area contributed by atoms with Crippen LogP contribution in [0, 0.1) is 0 Å². The Morgan fingerprint density at radius 2 is 2.00 bits per heavy atom. The van der Waals surface area contributed by atoms with E-state index in [2.05, 4.69) is 21.4 Å². The van der Waals surface area contributed by atoms with Gasteiger partial charge < -0.3 is 19.5 Å². The largest absolute Gasteiger partial charge is 0.493 e. The zero-order chi connectivity index (χ0) is 21.3. The van der Waals surface area contributed by atoms with Gasteiger partial charge in [-0.3, -0.25) is 0 Å². The lowest BCUT2D eigenvalue weighted by atomic mass is 9.97. The first kappa shape index (κ1) is 21.6. The van der Waals surface area contributed by atoms with E-state index in [1.165, 1.54) is 24.6 Å². The minimum Gasteiger partial charge on any atom is -0.493 e. The number of hydrogen-bond acceptors (Lipinski definition) is 7. The van der Waals surface area contributed by atoms with E-state index in [-0.39, 0.29) is 0 Å². The maximum Gasteiger partial charge on any atom is 0.343 e.